The van der Waals surface area contributed by atoms with Gasteiger partial charge in [-0.1, -0.05) is 37.3 Å². The number of carbonyl (C=O) groups is 1. The van der Waals surface area contributed by atoms with Crippen molar-refractivity contribution in [3.63, 3.8) is 0 Å². The molecule has 20 heavy (non-hydrogen) atoms. The lowest BCUT2D eigenvalue weighted by Crippen LogP contribution is -2.06. The first-order chi connectivity index (χ1) is 9.58. The molecule has 1 atom stereocenters. The van der Waals surface area contributed by atoms with Crippen molar-refractivity contribution in [1.29, 1.82) is 0 Å². The lowest BCUT2D eigenvalue weighted by Gasteiger charge is -2.11. The molecular formula is C15H18N2O2S. The van der Waals surface area contributed by atoms with Crippen molar-refractivity contribution in [2.45, 2.75) is 26.2 Å². The maximum Gasteiger partial charge on any atom is 0.355 e. The summed E-state index contributed by atoms with van der Waals surface area (Å²) >= 11 is 1.39. The van der Waals surface area contributed by atoms with Crippen LogP contribution in [0.4, 0.5) is 5.13 Å². The zero-order valence-electron chi connectivity index (χ0n) is 11.6. The Bertz CT molecular complexity index is 581. The molecule has 0 spiro atoms. The summed E-state index contributed by atoms with van der Waals surface area (Å²) in [5.74, 6) is -0.506. The third-order valence-corrected chi connectivity index (χ3v) is 4.15. The predicted molar refractivity (Wildman–Crippen MR) is 81.8 cm³/mol. The number of aromatic carboxylic acids is 1. The largest absolute Gasteiger partial charge is 0.476 e. The maximum absolute atomic E-state index is 10.9. The van der Waals surface area contributed by atoms with Gasteiger partial charge in [0, 0.05) is 11.4 Å². The molecule has 0 aliphatic heterocycles. The van der Waals surface area contributed by atoms with Crippen LogP contribution in [0.3, 0.4) is 0 Å². The van der Waals surface area contributed by atoms with E-state index in [-0.39, 0.29) is 5.69 Å². The van der Waals surface area contributed by atoms with Crippen molar-refractivity contribution < 1.29 is 9.90 Å². The van der Waals surface area contributed by atoms with Crippen molar-refractivity contribution in [3.05, 3.63) is 46.5 Å². The van der Waals surface area contributed by atoms with E-state index < -0.39 is 5.97 Å². The number of nitrogens with zero attached hydrogens (tertiary/aromatic N) is 1. The Morgan fingerprint density at radius 2 is 2.10 bits per heavy atom. The molecule has 0 bridgehead atoms. The van der Waals surface area contributed by atoms with Gasteiger partial charge in [-0.3, -0.25) is 0 Å². The number of benzene rings is 1. The van der Waals surface area contributed by atoms with Gasteiger partial charge in [-0.05, 0) is 24.8 Å². The van der Waals surface area contributed by atoms with Crippen LogP contribution >= 0.6 is 11.3 Å². The van der Waals surface area contributed by atoms with Crippen LogP contribution in [0.2, 0.25) is 0 Å². The van der Waals surface area contributed by atoms with Crippen molar-refractivity contribution in [1.82, 2.24) is 4.98 Å². The van der Waals surface area contributed by atoms with Crippen LogP contribution in [0.5, 0.6) is 0 Å². The second-order valence-corrected chi connectivity index (χ2v) is 5.96. The smallest absolute Gasteiger partial charge is 0.355 e. The van der Waals surface area contributed by atoms with Crippen molar-refractivity contribution in [3.8, 4) is 0 Å². The molecule has 0 amide bonds. The Morgan fingerprint density at radius 1 is 1.40 bits per heavy atom. The van der Waals surface area contributed by atoms with Gasteiger partial charge in [-0.15, -0.1) is 11.3 Å². The number of nitrogens with one attached hydrogen (secondary N) is 1. The fraction of sp³-hybridized carbons (Fsp3) is 0.333. The molecule has 1 aromatic carbocycles. The van der Waals surface area contributed by atoms with E-state index in [2.05, 4.69) is 29.4 Å². The highest BCUT2D eigenvalue weighted by Crippen LogP contribution is 2.23. The zero-order valence-corrected chi connectivity index (χ0v) is 12.4. The molecule has 0 radical (unpaired) electrons. The molecule has 0 saturated heterocycles. The Labute approximate surface area is 122 Å². The highest BCUT2D eigenvalue weighted by molar-refractivity contribution is 7.15. The number of thiazole rings is 1. The van der Waals surface area contributed by atoms with E-state index in [0.717, 1.165) is 17.8 Å². The fourth-order valence-corrected chi connectivity index (χ4v) is 2.85. The number of carboxylic acid groups (broad SMARTS) is 1. The predicted octanol–water partition coefficient (Wildman–Crippen LogP) is 3.76. The Hall–Kier alpha value is -1.88. The van der Waals surface area contributed by atoms with Gasteiger partial charge in [0.15, 0.2) is 10.8 Å². The molecule has 0 aliphatic carbocycles. The summed E-state index contributed by atoms with van der Waals surface area (Å²) < 4.78 is 0. The molecule has 0 saturated carbocycles. The van der Waals surface area contributed by atoms with Crippen LogP contribution in [0.1, 0.15) is 40.2 Å². The van der Waals surface area contributed by atoms with Crippen molar-refractivity contribution in [2.24, 2.45) is 0 Å². The summed E-state index contributed by atoms with van der Waals surface area (Å²) in [6.45, 7) is 4.74. The van der Waals surface area contributed by atoms with E-state index in [4.69, 9.17) is 5.11 Å². The summed E-state index contributed by atoms with van der Waals surface area (Å²) in [5.41, 5.74) is 1.46. The summed E-state index contributed by atoms with van der Waals surface area (Å²) in [4.78, 5) is 15.7. The van der Waals surface area contributed by atoms with Gasteiger partial charge < -0.3 is 10.4 Å². The lowest BCUT2D eigenvalue weighted by atomic mass is 9.98. The van der Waals surface area contributed by atoms with E-state index in [9.17, 15) is 4.79 Å². The average molecular weight is 290 g/mol. The monoisotopic (exact) mass is 290 g/mol. The van der Waals surface area contributed by atoms with E-state index in [0.29, 0.717) is 11.0 Å². The van der Waals surface area contributed by atoms with Gasteiger partial charge in [-0.25, -0.2) is 9.78 Å². The lowest BCUT2D eigenvalue weighted by molar-refractivity contribution is 0.0690. The third kappa shape index (κ3) is 3.57. The normalized spacial score (nSPS) is 12.1. The molecule has 1 unspecified atom stereocenters. The van der Waals surface area contributed by atoms with Crippen LogP contribution in [0.15, 0.2) is 30.3 Å². The molecule has 0 aliphatic rings. The van der Waals surface area contributed by atoms with Gasteiger partial charge in [-0.2, -0.15) is 0 Å². The first-order valence-electron chi connectivity index (χ1n) is 6.57. The molecule has 106 valence electrons. The molecule has 1 aromatic heterocycles. The maximum atomic E-state index is 10.9. The van der Waals surface area contributed by atoms with Gasteiger partial charge in [0.2, 0.25) is 0 Å². The molecule has 5 heteroatoms. The van der Waals surface area contributed by atoms with Gasteiger partial charge in [0.1, 0.15) is 0 Å². The van der Waals surface area contributed by atoms with Crippen LogP contribution in [-0.2, 0) is 0 Å². The Kier molecular flexibility index (Phi) is 4.74. The fourth-order valence-electron chi connectivity index (χ4n) is 2.01. The topological polar surface area (TPSA) is 62.2 Å². The van der Waals surface area contributed by atoms with Gasteiger partial charge in [0.25, 0.3) is 0 Å². The van der Waals surface area contributed by atoms with Gasteiger partial charge >= 0.3 is 5.97 Å². The quantitative estimate of drug-likeness (QED) is 0.850. The molecular weight excluding hydrogens is 272 g/mol. The first-order valence-corrected chi connectivity index (χ1v) is 7.39. The van der Waals surface area contributed by atoms with E-state index in [1.165, 1.54) is 16.9 Å². The minimum absolute atomic E-state index is 0.147. The number of aryl methyl sites for hydroxylation is 1. The van der Waals surface area contributed by atoms with Crippen molar-refractivity contribution >= 4 is 22.4 Å². The van der Waals surface area contributed by atoms with Gasteiger partial charge in [0.05, 0.1) is 0 Å². The molecule has 2 aromatic rings. The molecule has 0 fully saturated rings. The second-order valence-electron chi connectivity index (χ2n) is 4.76. The highest BCUT2D eigenvalue weighted by Gasteiger charge is 2.13. The molecule has 1 heterocycles. The Morgan fingerprint density at radius 3 is 2.70 bits per heavy atom. The van der Waals surface area contributed by atoms with E-state index in [1.54, 1.807) is 6.92 Å². The summed E-state index contributed by atoms with van der Waals surface area (Å²) in [7, 11) is 0. The summed E-state index contributed by atoms with van der Waals surface area (Å²) in [6.07, 6.45) is 0.977. The van der Waals surface area contributed by atoms with Crippen LogP contribution < -0.4 is 5.32 Å². The first kappa shape index (κ1) is 14.5. The van der Waals surface area contributed by atoms with Crippen LogP contribution in [0, 0.1) is 6.92 Å². The number of carboxylic acids is 1. The zero-order chi connectivity index (χ0) is 14.5. The number of hydrogen-bond acceptors (Lipinski definition) is 4. The number of aromatic nitrogens is 1. The third-order valence-electron chi connectivity index (χ3n) is 3.22. The SMILES string of the molecule is Cc1sc(NCCC(C)c2ccccc2)nc1C(=O)O. The van der Waals surface area contributed by atoms with Crippen LogP contribution in [0.25, 0.3) is 0 Å². The average Bonchev–Trinajstić information content (AvgIpc) is 2.81. The highest BCUT2D eigenvalue weighted by atomic mass is 32.1. The molecule has 2 N–H and O–H groups in total. The Balaban J connectivity index is 1.87. The second kappa shape index (κ2) is 6.52. The number of hydrogen-bond donors (Lipinski definition) is 2. The number of anilines is 1. The minimum atomic E-state index is -0.968. The molecule has 4 nitrogen and oxygen atoms in total. The van der Waals surface area contributed by atoms with E-state index in [1.807, 2.05) is 18.2 Å². The number of rotatable bonds is 6. The minimum Gasteiger partial charge on any atom is -0.476 e. The van der Waals surface area contributed by atoms with Crippen LogP contribution in [-0.4, -0.2) is 22.6 Å². The van der Waals surface area contributed by atoms with E-state index >= 15 is 0 Å². The molecule has 2 rings (SSSR count). The summed E-state index contributed by atoms with van der Waals surface area (Å²) in [6, 6.07) is 10.4. The van der Waals surface area contributed by atoms with Crippen molar-refractivity contribution in [2.75, 3.05) is 11.9 Å². The standard InChI is InChI=1S/C15H18N2O2S/c1-10(12-6-4-3-5-7-12)8-9-16-15-17-13(14(18)19)11(2)20-15/h3-7,10H,8-9H2,1-2H3,(H,16,17)(H,18,19). The summed E-state index contributed by atoms with van der Waals surface area (Å²) in [5, 5.41) is 12.8.